The van der Waals surface area contributed by atoms with E-state index >= 15 is 0 Å². The molecule has 40 heavy (non-hydrogen) atoms. The number of carbonyl (C=O) groups is 2. The summed E-state index contributed by atoms with van der Waals surface area (Å²) < 4.78 is 48.4. The minimum Gasteiger partial charge on any atom is -0.444 e. The molecule has 1 N–H and O–H groups in total. The van der Waals surface area contributed by atoms with Crippen molar-refractivity contribution < 1.29 is 27.5 Å². The number of aromatic nitrogens is 1. The molecule has 2 amide bonds. The molecule has 1 fully saturated rings. The van der Waals surface area contributed by atoms with Crippen LogP contribution in [-0.4, -0.2) is 64.7 Å². The van der Waals surface area contributed by atoms with E-state index in [9.17, 15) is 22.8 Å². The molecule has 2 unspecified atom stereocenters. The van der Waals surface area contributed by atoms with E-state index < -0.39 is 35.7 Å². The SMILES string of the molecule is CN(C(=O)C1CCCN(C(=O)OC(C)(C)C)C1)[C@@H](c1ccc(NC2Cc3ccccc3C2(C)C)cn1)C(F)(F)F. The number of fused-ring (bicyclic) bond motifs is 1. The fourth-order valence-electron chi connectivity index (χ4n) is 5.75. The summed E-state index contributed by atoms with van der Waals surface area (Å²) in [5, 5.41) is 3.44. The third-order valence-corrected chi connectivity index (χ3v) is 7.88. The number of likely N-dealkylation sites (tertiary alicyclic amines) is 1. The van der Waals surface area contributed by atoms with Crippen molar-refractivity contribution in [2.75, 3.05) is 25.5 Å². The van der Waals surface area contributed by atoms with Crippen LogP contribution in [0.5, 0.6) is 0 Å². The summed E-state index contributed by atoms with van der Waals surface area (Å²) in [6, 6.07) is 8.98. The zero-order valence-corrected chi connectivity index (χ0v) is 24.0. The summed E-state index contributed by atoms with van der Waals surface area (Å²) in [5.41, 5.74) is 1.98. The summed E-state index contributed by atoms with van der Waals surface area (Å²) in [4.78, 5) is 32.1. The number of carbonyl (C=O) groups excluding carboxylic acids is 2. The summed E-state index contributed by atoms with van der Waals surface area (Å²) in [5.74, 6) is -1.44. The van der Waals surface area contributed by atoms with Crippen molar-refractivity contribution >= 4 is 17.7 Å². The number of ether oxygens (including phenoxy) is 1. The molecule has 3 atom stereocenters. The van der Waals surface area contributed by atoms with Crippen molar-refractivity contribution in [3.8, 4) is 0 Å². The number of benzene rings is 1. The van der Waals surface area contributed by atoms with Crippen molar-refractivity contribution in [2.24, 2.45) is 5.92 Å². The van der Waals surface area contributed by atoms with Crippen LogP contribution >= 0.6 is 0 Å². The van der Waals surface area contributed by atoms with E-state index in [1.165, 1.54) is 28.3 Å². The van der Waals surface area contributed by atoms with Crippen LogP contribution in [0.2, 0.25) is 0 Å². The van der Waals surface area contributed by atoms with Gasteiger partial charge in [0.25, 0.3) is 0 Å². The molecule has 218 valence electrons. The Kier molecular flexibility index (Phi) is 8.11. The Morgan fingerprint density at radius 2 is 1.85 bits per heavy atom. The van der Waals surface area contributed by atoms with Crippen LogP contribution in [0.3, 0.4) is 0 Å². The number of pyridine rings is 1. The molecule has 1 aliphatic heterocycles. The van der Waals surface area contributed by atoms with Gasteiger partial charge in [0.1, 0.15) is 5.60 Å². The Labute approximate surface area is 234 Å². The zero-order valence-electron chi connectivity index (χ0n) is 24.0. The third kappa shape index (κ3) is 6.36. The predicted molar refractivity (Wildman–Crippen MR) is 147 cm³/mol. The molecule has 2 aromatic rings. The topological polar surface area (TPSA) is 74.8 Å². The number of amides is 2. The molecule has 0 spiro atoms. The minimum atomic E-state index is -4.74. The number of hydrogen-bond donors (Lipinski definition) is 1. The minimum absolute atomic E-state index is 0.0124. The van der Waals surface area contributed by atoms with Gasteiger partial charge in [-0.3, -0.25) is 9.78 Å². The van der Waals surface area contributed by atoms with Gasteiger partial charge in [-0.15, -0.1) is 0 Å². The number of nitrogens with zero attached hydrogens (tertiary/aromatic N) is 3. The van der Waals surface area contributed by atoms with Crippen LogP contribution in [0.1, 0.15) is 70.3 Å². The number of rotatable bonds is 5. The highest BCUT2D eigenvalue weighted by Gasteiger charge is 2.48. The van der Waals surface area contributed by atoms with Crippen LogP contribution < -0.4 is 5.32 Å². The molecule has 2 heterocycles. The molecule has 10 heteroatoms. The van der Waals surface area contributed by atoms with E-state index in [0.717, 1.165) is 18.4 Å². The second kappa shape index (κ2) is 10.9. The molecule has 7 nitrogen and oxygen atoms in total. The van der Waals surface area contributed by atoms with Crippen LogP contribution in [0.15, 0.2) is 42.6 Å². The fourth-order valence-corrected chi connectivity index (χ4v) is 5.75. The van der Waals surface area contributed by atoms with E-state index in [0.29, 0.717) is 25.1 Å². The van der Waals surface area contributed by atoms with Crippen LogP contribution in [0.25, 0.3) is 0 Å². The second-order valence-corrected chi connectivity index (χ2v) is 12.4. The van der Waals surface area contributed by atoms with Crippen molar-refractivity contribution in [1.82, 2.24) is 14.8 Å². The lowest BCUT2D eigenvalue weighted by Gasteiger charge is -2.37. The first kappa shape index (κ1) is 29.7. The van der Waals surface area contributed by atoms with Crippen LogP contribution in [-0.2, 0) is 21.4 Å². The Hall–Kier alpha value is -3.30. The van der Waals surface area contributed by atoms with Gasteiger partial charge in [-0.25, -0.2) is 4.79 Å². The molecule has 2 aliphatic rings. The molecular weight excluding hydrogens is 521 g/mol. The molecule has 1 saturated heterocycles. The largest absolute Gasteiger partial charge is 0.444 e. The monoisotopic (exact) mass is 560 g/mol. The molecule has 1 aliphatic carbocycles. The summed E-state index contributed by atoms with van der Waals surface area (Å²) >= 11 is 0. The Balaban J connectivity index is 1.47. The summed E-state index contributed by atoms with van der Waals surface area (Å²) in [7, 11) is 1.15. The highest BCUT2D eigenvalue weighted by atomic mass is 19.4. The zero-order chi connectivity index (χ0) is 29.5. The van der Waals surface area contributed by atoms with Gasteiger partial charge in [-0.1, -0.05) is 38.1 Å². The molecule has 0 saturated carbocycles. The lowest BCUT2D eigenvalue weighted by molar-refractivity contribution is -0.191. The van der Waals surface area contributed by atoms with Gasteiger partial charge >= 0.3 is 12.3 Å². The number of alkyl halides is 3. The first-order chi connectivity index (χ1) is 18.6. The maximum Gasteiger partial charge on any atom is 0.414 e. The number of piperidine rings is 1. The van der Waals surface area contributed by atoms with Crippen molar-refractivity contribution in [3.05, 3.63) is 59.4 Å². The van der Waals surface area contributed by atoms with Crippen molar-refractivity contribution in [3.63, 3.8) is 0 Å². The van der Waals surface area contributed by atoms with Crippen molar-refractivity contribution in [2.45, 2.75) is 83.2 Å². The molecular formula is C30H39F3N4O3. The highest BCUT2D eigenvalue weighted by Crippen LogP contribution is 2.41. The smallest absolute Gasteiger partial charge is 0.414 e. The van der Waals surface area contributed by atoms with E-state index in [1.807, 2.05) is 12.1 Å². The number of nitrogens with one attached hydrogen (secondary N) is 1. The van der Waals surface area contributed by atoms with Crippen molar-refractivity contribution in [1.29, 1.82) is 0 Å². The third-order valence-electron chi connectivity index (χ3n) is 7.88. The number of anilines is 1. The first-order valence-corrected chi connectivity index (χ1v) is 13.7. The first-order valence-electron chi connectivity index (χ1n) is 13.7. The molecule has 1 aromatic carbocycles. The normalized spacial score (nSPS) is 21.4. The predicted octanol–water partition coefficient (Wildman–Crippen LogP) is 6.10. The number of halogens is 3. The maximum absolute atomic E-state index is 14.3. The van der Waals surface area contributed by atoms with E-state index in [2.05, 4.69) is 36.3 Å². The van der Waals surface area contributed by atoms with E-state index in [1.54, 1.807) is 26.8 Å². The number of hydrogen-bond acceptors (Lipinski definition) is 5. The Bertz CT molecular complexity index is 1220. The average molecular weight is 561 g/mol. The fraction of sp³-hybridized carbons (Fsp3) is 0.567. The second-order valence-electron chi connectivity index (χ2n) is 12.4. The average Bonchev–Trinajstić information content (AvgIpc) is 3.12. The highest BCUT2D eigenvalue weighted by molar-refractivity contribution is 5.80. The van der Waals surface area contributed by atoms with Gasteiger partial charge < -0.3 is 19.9 Å². The van der Waals surface area contributed by atoms with Gasteiger partial charge in [0, 0.05) is 31.6 Å². The standard InChI is InChI=1S/C30H39F3N4O3/c1-28(2,3)40-27(39)37-15-9-11-20(18-37)26(38)36(6)25(30(31,32)33)23-14-13-21(17-34-23)35-24-16-19-10-7-8-12-22(19)29(24,4)5/h7-8,10,12-14,17,20,24-25,35H,9,11,15-16,18H2,1-6H3/t20?,24?,25-/m0/s1. The van der Waals surface area contributed by atoms with E-state index in [4.69, 9.17) is 4.74 Å². The van der Waals surface area contributed by atoms with Crippen LogP contribution in [0, 0.1) is 5.92 Å². The Morgan fingerprint density at radius 3 is 2.45 bits per heavy atom. The molecule has 1 aromatic heterocycles. The molecule has 0 radical (unpaired) electrons. The Morgan fingerprint density at radius 1 is 1.15 bits per heavy atom. The quantitative estimate of drug-likeness (QED) is 0.478. The summed E-state index contributed by atoms with van der Waals surface area (Å²) in [6.07, 6.45) is -2.21. The molecule has 0 bridgehead atoms. The molecule has 4 rings (SSSR count). The van der Waals surface area contributed by atoms with E-state index in [-0.39, 0.29) is 23.7 Å². The van der Waals surface area contributed by atoms with Crippen LogP contribution in [0.4, 0.5) is 23.7 Å². The van der Waals surface area contributed by atoms with Gasteiger partial charge in [-0.2, -0.15) is 13.2 Å². The van der Waals surface area contributed by atoms with Gasteiger partial charge in [-0.05, 0) is 63.3 Å². The maximum atomic E-state index is 14.3. The van der Waals surface area contributed by atoms with Gasteiger partial charge in [0.15, 0.2) is 6.04 Å². The summed E-state index contributed by atoms with van der Waals surface area (Å²) in [6.45, 7) is 9.91. The lowest BCUT2D eigenvalue weighted by atomic mass is 9.83. The lowest BCUT2D eigenvalue weighted by Crippen LogP contribution is -2.49. The van der Waals surface area contributed by atoms with Gasteiger partial charge in [0.2, 0.25) is 5.91 Å². The van der Waals surface area contributed by atoms with Gasteiger partial charge in [0.05, 0.1) is 23.5 Å².